The Balaban J connectivity index is 1.63. The van der Waals surface area contributed by atoms with E-state index >= 15 is 0 Å². The summed E-state index contributed by atoms with van der Waals surface area (Å²) >= 11 is 0. The van der Waals surface area contributed by atoms with E-state index in [4.69, 9.17) is 9.47 Å². The molecule has 1 aliphatic rings. The van der Waals surface area contributed by atoms with Crippen molar-refractivity contribution in [2.75, 3.05) is 18.5 Å². The van der Waals surface area contributed by atoms with E-state index in [2.05, 4.69) is 15.4 Å². The molecule has 1 aromatic carbocycles. The fourth-order valence-corrected chi connectivity index (χ4v) is 3.54. The number of pyridine rings is 1. The first kappa shape index (κ1) is 21.2. The Kier molecular flexibility index (Phi) is 6.13. The lowest BCUT2D eigenvalue weighted by Crippen LogP contribution is -2.16. The average molecular weight is 430 g/mol. The van der Waals surface area contributed by atoms with Crippen molar-refractivity contribution in [2.24, 2.45) is 5.92 Å². The molecule has 3 heterocycles. The van der Waals surface area contributed by atoms with E-state index in [0.717, 1.165) is 31.6 Å². The molecule has 7 nitrogen and oxygen atoms in total. The quantitative estimate of drug-likeness (QED) is 0.599. The van der Waals surface area contributed by atoms with Gasteiger partial charge in [-0.25, -0.2) is 13.8 Å². The number of carbonyl (C=O) groups excluding carboxylic acids is 1. The number of anilines is 1. The minimum absolute atomic E-state index is 0.0512. The largest absolute Gasteiger partial charge is 0.490 e. The predicted octanol–water partition coefficient (Wildman–Crippen LogP) is 4.44. The van der Waals surface area contributed by atoms with Crippen molar-refractivity contribution in [1.29, 1.82) is 0 Å². The second-order valence-electron chi connectivity index (χ2n) is 7.86. The van der Waals surface area contributed by atoms with Crippen LogP contribution in [0.1, 0.15) is 42.7 Å². The van der Waals surface area contributed by atoms with Crippen molar-refractivity contribution in [3.8, 4) is 5.75 Å². The zero-order valence-electron chi connectivity index (χ0n) is 17.3. The minimum atomic E-state index is -2.72. The molecule has 164 valence electrons. The number of nitrogens with zero attached hydrogens (tertiary/aromatic N) is 3. The predicted molar refractivity (Wildman–Crippen MR) is 112 cm³/mol. The van der Waals surface area contributed by atoms with Crippen LogP contribution in [0.15, 0.2) is 36.5 Å². The van der Waals surface area contributed by atoms with Gasteiger partial charge in [-0.05, 0) is 38.5 Å². The summed E-state index contributed by atoms with van der Waals surface area (Å²) in [6.07, 6.45) is 0.00124. The summed E-state index contributed by atoms with van der Waals surface area (Å²) in [4.78, 5) is 16.8. The molecule has 0 radical (unpaired) electrons. The first-order valence-corrected chi connectivity index (χ1v) is 10.2. The fourth-order valence-electron chi connectivity index (χ4n) is 3.54. The fraction of sp³-hybridized carbons (Fsp3) is 0.409. The molecule has 1 atom stereocenters. The molecule has 1 N–H and O–H groups in total. The molecule has 2 aromatic heterocycles. The van der Waals surface area contributed by atoms with Gasteiger partial charge in [0.15, 0.2) is 0 Å². The van der Waals surface area contributed by atoms with Crippen LogP contribution in [0.5, 0.6) is 5.75 Å². The van der Waals surface area contributed by atoms with Gasteiger partial charge in [0.25, 0.3) is 12.3 Å². The van der Waals surface area contributed by atoms with Crippen LogP contribution in [0.4, 0.5) is 14.6 Å². The summed E-state index contributed by atoms with van der Waals surface area (Å²) in [5.74, 6) is 0.347. The molecule has 0 unspecified atom stereocenters. The Morgan fingerprint density at radius 2 is 2.19 bits per heavy atom. The van der Waals surface area contributed by atoms with Crippen molar-refractivity contribution in [3.63, 3.8) is 0 Å². The summed E-state index contributed by atoms with van der Waals surface area (Å²) in [6.45, 7) is 5.94. The van der Waals surface area contributed by atoms with E-state index in [1.165, 1.54) is 18.2 Å². The van der Waals surface area contributed by atoms with E-state index in [1.54, 1.807) is 12.1 Å². The number of fused-ring (bicyclic) bond motifs is 1. The number of halogens is 2. The van der Waals surface area contributed by atoms with Crippen molar-refractivity contribution in [2.45, 2.75) is 39.3 Å². The van der Waals surface area contributed by atoms with Gasteiger partial charge in [-0.3, -0.25) is 9.48 Å². The lowest BCUT2D eigenvalue weighted by atomic mass is 10.1. The van der Waals surface area contributed by atoms with E-state index < -0.39 is 18.0 Å². The molecule has 1 fully saturated rings. The number of carbonyl (C=O) groups is 1. The van der Waals surface area contributed by atoms with Crippen molar-refractivity contribution in [1.82, 2.24) is 14.8 Å². The first-order chi connectivity index (χ1) is 14.9. The Morgan fingerprint density at radius 1 is 1.35 bits per heavy atom. The topological polar surface area (TPSA) is 78.3 Å². The molecule has 9 heteroatoms. The second kappa shape index (κ2) is 8.97. The number of hydrogen-bond acceptors (Lipinski definition) is 5. The summed E-state index contributed by atoms with van der Waals surface area (Å²) < 4.78 is 39.0. The third kappa shape index (κ3) is 4.99. The highest BCUT2D eigenvalue weighted by Gasteiger charge is 2.20. The van der Waals surface area contributed by atoms with E-state index in [1.807, 2.05) is 24.7 Å². The highest BCUT2D eigenvalue weighted by molar-refractivity contribution is 6.08. The number of amides is 1. The summed E-state index contributed by atoms with van der Waals surface area (Å²) in [5, 5.41) is 7.99. The van der Waals surface area contributed by atoms with Gasteiger partial charge in [-0.1, -0.05) is 6.07 Å². The van der Waals surface area contributed by atoms with Gasteiger partial charge in [-0.15, -0.1) is 0 Å². The molecule has 31 heavy (non-hydrogen) atoms. The summed E-state index contributed by atoms with van der Waals surface area (Å²) in [7, 11) is 0. The highest BCUT2D eigenvalue weighted by Crippen LogP contribution is 2.28. The summed E-state index contributed by atoms with van der Waals surface area (Å²) in [5.41, 5.74) is 0.599. The van der Waals surface area contributed by atoms with Crippen LogP contribution < -0.4 is 10.1 Å². The van der Waals surface area contributed by atoms with Crippen molar-refractivity contribution < 1.29 is 23.0 Å². The van der Waals surface area contributed by atoms with Crippen LogP contribution >= 0.6 is 0 Å². The van der Waals surface area contributed by atoms with Gasteiger partial charge < -0.3 is 14.8 Å². The van der Waals surface area contributed by atoms with Gasteiger partial charge in [-0.2, -0.15) is 5.10 Å². The number of benzene rings is 1. The van der Waals surface area contributed by atoms with E-state index in [-0.39, 0.29) is 17.5 Å². The van der Waals surface area contributed by atoms with Crippen LogP contribution in [0.2, 0.25) is 0 Å². The zero-order chi connectivity index (χ0) is 22.0. The molecule has 1 aliphatic heterocycles. The zero-order valence-corrected chi connectivity index (χ0v) is 17.3. The maximum absolute atomic E-state index is 13.0. The molecule has 0 bridgehead atoms. The van der Waals surface area contributed by atoms with Gasteiger partial charge in [0, 0.05) is 36.7 Å². The molecule has 0 saturated carbocycles. The lowest BCUT2D eigenvalue weighted by molar-refractivity contribution is 0.102. The number of ether oxygens (including phenoxy) is 2. The molecular formula is C22H24F2N4O3. The maximum atomic E-state index is 13.0. The molecular weight excluding hydrogens is 406 g/mol. The van der Waals surface area contributed by atoms with E-state index in [0.29, 0.717) is 17.2 Å². The Labute approximate surface area is 178 Å². The SMILES string of the molecule is CC(C)Oc1cc2nn(C[C@H]3CCOC3)cc2cc1C(=O)Nc1cccc(C(F)F)n1. The minimum Gasteiger partial charge on any atom is -0.490 e. The Bertz CT molecular complexity index is 1080. The molecule has 1 amide bonds. The van der Waals surface area contributed by atoms with Gasteiger partial charge in [0.05, 0.1) is 23.8 Å². The van der Waals surface area contributed by atoms with Crippen LogP contribution in [0.25, 0.3) is 10.9 Å². The number of hydrogen-bond donors (Lipinski definition) is 1. The van der Waals surface area contributed by atoms with Gasteiger partial charge in [0.2, 0.25) is 0 Å². The Hall–Kier alpha value is -3.07. The summed E-state index contributed by atoms with van der Waals surface area (Å²) in [6, 6.07) is 7.54. The Morgan fingerprint density at radius 3 is 2.90 bits per heavy atom. The number of rotatable bonds is 7. The van der Waals surface area contributed by atoms with Crippen molar-refractivity contribution >= 4 is 22.6 Å². The third-order valence-corrected chi connectivity index (χ3v) is 4.97. The first-order valence-electron chi connectivity index (χ1n) is 10.2. The van der Waals surface area contributed by atoms with E-state index in [9.17, 15) is 13.6 Å². The van der Waals surface area contributed by atoms with Crippen LogP contribution in [-0.4, -0.2) is 40.0 Å². The molecule has 4 rings (SSSR count). The molecule has 3 aromatic rings. The second-order valence-corrected chi connectivity index (χ2v) is 7.86. The van der Waals surface area contributed by atoms with Crippen LogP contribution in [0.3, 0.4) is 0 Å². The number of nitrogens with one attached hydrogen (secondary N) is 1. The van der Waals surface area contributed by atoms with Gasteiger partial charge in [0.1, 0.15) is 17.3 Å². The third-order valence-electron chi connectivity index (χ3n) is 4.97. The normalized spacial score (nSPS) is 16.4. The molecule has 0 spiro atoms. The standard InChI is InChI=1S/C22H24F2N4O3/c1-13(2)31-19-9-18-15(11-28(27-18)10-14-6-7-30-12-14)8-16(19)22(29)26-20-5-3-4-17(25-20)21(23)24/h3-5,8-9,11,13-14,21H,6-7,10,12H2,1-2H3,(H,25,26,29)/t14-/m1/s1. The number of alkyl halides is 2. The number of aromatic nitrogens is 3. The molecule has 1 saturated heterocycles. The molecule has 0 aliphatic carbocycles. The monoisotopic (exact) mass is 430 g/mol. The average Bonchev–Trinajstić information content (AvgIpc) is 3.36. The van der Waals surface area contributed by atoms with Gasteiger partial charge >= 0.3 is 0 Å². The van der Waals surface area contributed by atoms with Crippen LogP contribution in [0, 0.1) is 5.92 Å². The van der Waals surface area contributed by atoms with Crippen LogP contribution in [-0.2, 0) is 11.3 Å². The maximum Gasteiger partial charge on any atom is 0.280 e. The van der Waals surface area contributed by atoms with Crippen molar-refractivity contribution in [3.05, 3.63) is 47.8 Å². The highest BCUT2D eigenvalue weighted by atomic mass is 19.3. The smallest absolute Gasteiger partial charge is 0.280 e. The lowest BCUT2D eigenvalue weighted by Gasteiger charge is -2.14.